The van der Waals surface area contributed by atoms with Gasteiger partial charge in [0.2, 0.25) is 0 Å². The van der Waals surface area contributed by atoms with Crippen molar-refractivity contribution in [2.45, 2.75) is 0 Å². The first kappa shape index (κ1) is 47.1. The Morgan fingerprint density at radius 3 is 0.286 bits per heavy atom. The zero-order valence-corrected chi connectivity index (χ0v) is 17.6. The Hall–Kier alpha value is 7.44. The summed E-state index contributed by atoms with van der Waals surface area (Å²) in [7, 11) is 0. The van der Waals surface area contributed by atoms with Crippen molar-refractivity contribution in [2.24, 2.45) is 0 Å². The third kappa shape index (κ3) is 31.8. The molecule has 0 unspecified atom stereocenters. The Morgan fingerprint density at radius 2 is 0.286 bits per heavy atom. The minimum atomic E-state index is 0. The maximum absolute atomic E-state index is 0. The molecule has 0 N–H and O–H groups in total. The van der Waals surface area contributed by atoms with Crippen LogP contribution in [0.2, 0.25) is 0 Å². The molecule has 0 spiro atoms. The summed E-state index contributed by atoms with van der Waals surface area (Å²) in [4.78, 5) is 0. The van der Waals surface area contributed by atoms with Crippen LogP contribution in [0.5, 0.6) is 0 Å². The van der Waals surface area contributed by atoms with E-state index in [4.69, 9.17) is 0 Å². The van der Waals surface area contributed by atoms with Crippen molar-refractivity contribution in [3.8, 4) is 0 Å². The molecule has 0 aromatic rings. The second-order valence-corrected chi connectivity index (χ2v) is 0. The van der Waals surface area contributed by atoms with Crippen LogP contribution >= 0.6 is 0 Å². The van der Waals surface area contributed by atoms with E-state index in [1.165, 1.54) is 0 Å². The van der Waals surface area contributed by atoms with E-state index in [0.717, 1.165) is 0 Å². The van der Waals surface area contributed by atoms with Crippen molar-refractivity contribution in [1.29, 1.82) is 0 Å². The van der Waals surface area contributed by atoms with Crippen LogP contribution in [0, 0.1) is 149 Å². The Bertz CT molecular complexity index is 6.90. The molecule has 0 nitrogen and oxygen atoms in total. The predicted molar refractivity (Wildman–Crippen MR) is 17.3 cm³/mol. The molecule has 0 saturated carbocycles. The maximum Gasteiger partial charge on any atom is 0 e. The van der Waals surface area contributed by atoms with Gasteiger partial charge in [0.05, 0.1) is 0 Å². The van der Waals surface area contributed by atoms with Gasteiger partial charge in [-0.3, -0.25) is 0 Å². The van der Waals surface area contributed by atoms with E-state index >= 15 is 0 Å². The Balaban J connectivity index is 0. The monoisotopic (exact) mass is 1030 g/mol. The summed E-state index contributed by atoms with van der Waals surface area (Å²) < 4.78 is 0. The van der Waals surface area contributed by atoms with Crippen molar-refractivity contribution in [2.75, 3.05) is 0 Å². The van der Waals surface area contributed by atoms with Crippen molar-refractivity contribution in [3.63, 3.8) is 0 Å². The second-order valence-electron chi connectivity index (χ2n) is 0. The molecular formula is Er4Sb3. The van der Waals surface area contributed by atoms with Crippen LogP contribution in [-0.4, -0.2) is 73.3 Å². The van der Waals surface area contributed by atoms with E-state index in [9.17, 15) is 0 Å². The van der Waals surface area contributed by atoms with E-state index in [2.05, 4.69) is 0 Å². The van der Waals surface area contributed by atoms with Crippen LogP contribution < -0.4 is 0 Å². The largest absolute Gasteiger partial charge is 0 e. The summed E-state index contributed by atoms with van der Waals surface area (Å²) >= 11 is 0. The third-order valence-corrected chi connectivity index (χ3v) is 0. The van der Waals surface area contributed by atoms with E-state index < -0.39 is 0 Å². The van der Waals surface area contributed by atoms with Gasteiger partial charge in [-0.15, -0.1) is 0 Å². The standard InChI is InChI=1S/4Er.3Sb. The smallest absolute Gasteiger partial charge is 0 e. The first-order chi connectivity index (χ1) is 0. The molecule has 9 radical (unpaired) electrons. The fourth-order valence-corrected chi connectivity index (χ4v) is 0. The molecule has 0 rings (SSSR count). The minimum Gasteiger partial charge on any atom is 0 e. The van der Waals surface area contributed by atoms with Crippen LogP contribution in [0.1, 0.15) is 0 Å². The normalized spacial score (nSPS) is 0. The molecular weight excluding hydrogens is 1030 g/mol. The number of rotatable bonds is 0. The fourth-order valence-electron chi connectivity index (χ4n) is 0. The average molecular weight is 1030 g/mol. The van der Waals surface area contributed by atoms with Gasteiger partial charge in [0.25, 0.3) is 0 Å². The van der Waals surface area contributed by atoms with Gasteiger partial charge in [-0.05, 0) is 0 Å². The molecule has 0 atom stereocenters. The average Bonchev–Trinajstić information content (AvgIpc) is 0. The second kappa shape index (κ2) is 37.6. The molecule has 7 heteroatoms. The van der Waals surface area contributed by atoms with Gasteiger partial charge in [-0.25, -0.2) is 0 Å². The summed E-state index contributed by atoms with van der Waals surface area (Å²) in [6.07, 6.45) is 0. The molecule has 0 aromatic heterocycles. The maximum atomic E-state index is 0. The molecule has 0 aromatic carbocycles. The van der Waals surface area contributed by atoms with Crippen LogP contribution in [0.15, 0.2) is 0 Å². The van der Waals surface area contributed by atoms with Crippen LogP contribution in [0.25, 0.3) is 0 Å². The van der Waals surface area contributed by atoms with Crippen molar-refractivity contribution in [3.05, 3.63) is 0 Å². The third-order valence-electron chi connectivity index (χ3n) is 0. The van der Waals surface area contributed by atoms with Crippen molar-refractivity contribution >= 4 is 73.3 Å². The molecule has 0 aliphatic rings. The Morgan fingerprint density at radius 1 is 0.286 bits per heavy atom. The first-order valence-corrected chi connectivity index (χ1v) is 0. The molecule has 0 aliphatic heterocycles. The summed E-state index contributed by atoms with van der Waals surface area (Å²) in [5, 5.41) is 0. The van der Waals surface area contributed by atoms with Gasteiger partial charge >= 0.3 is 0 Å². The summed E-state index contributed by atoms with van der Waals surface area (Å²) in [6, 6.07) is 0. The summed E-state index contributed by atoms with van der Waals surface area (Å²) in [5.74, 6) is 0. The predicted octanol–water partition coefficient (Wildman–Crippen LogP) is -1.14. The Kier molecular flexibility index (Phi) is 253. The molecule has 0 saturated heterocycles. The van der Waals surface area contributed by atoms with Crippen molar-refractivity contribution < 1.29 is 149 Å². The van der Waals surface area contributed by atoms with E-state index in [1.807, 2.05) is 0 Å². The van der Waals surface area contributed by atoms with Gasteiger partial charge in [0.15, 0.2) is 0 Å². The van der Waals surface area contributed by atoms with Crippen LogP contribution in [0.4, 0.5) is 0 Å². The Labute approximate surface area is 215 Å². The van der Waals surface area contributed by atoms with Gasteiger partial charge in [0.1, 0.15) is 0 Å². The van der Waals surface area contributed by atoms with Crippen molar-refractivity contribution in [1.82, 2.24) is 0 Å². The van der Waals surface area contributed by atoms with Gasteiger partial charge < -0.3 is 0 Å². The number of hydrogen-bond donors (Lipinski definition) is 0. The van der Waals surface area contributed by atoms with Gasteiger partial charge in [0, 0.05) is 223 Å². The number of hydrogen-bond acceptors (Lipinski definition) is 0. The molecule has 0 heterocycles. The summed E-state index contributed by atoms with van der Waals surface area (Å²) in [6.45, 7) is 0. The van der Waals surface area contributed by atoms with E-state index in [-0.39, 0.29) is 223 Å². The van der Waals surface area contributed by atoms with Gasteiger partial charge in [-0.1, -0.05) is 0 Å². The molecule has 0 aliphatic carbocycles. The topological polar surface area (TPSA) is 0 Å². The van der Waals surface area contributed by atoms with Gasteiger partial charge in [-0.2, -0.15) is 0 Å². The zero-order valence-electron chi connectivity index (χ0n) is 2.50. The van der Waals surface area contributed by atoms with E-state index in [1.54, 1.807) is 0 Å². The first-order valence-electron chi connectivity index (χ1n) is 0. The fraction of sp³-hybridized carbons (Fsp3) is 0. The quantitative estimate of drug-likeness (QED) is 0.270. The molecule has 0 fully saturated rings. The molecule has 7 heavy (non-hydrogen) atoms. The van der Waals surface area contributed by atoms with Crippen LogP contribution in [0.3, 0.4) is 0 Å². The zero-order chi connectivity index (χ0) is 0. The SMILES string of the molecule is [Er].[Er].[Er].[Er].[Sb].[Sb].[Sb]. The minimum absolute atomic E-state index is 0. The van der Waals surface area contributed by atoms with E-state index in [0.29, 0.717) is 0 Å². The summed E-state index contributed by atoms with van der Waals surface area (Å²) in [5.41, 5.74) is 0. The molecule has 63 valence electrons. The molecule has 0 amide bonds. The van der Waals surface area contributed by atoms with Crippen LogP contribution in [-0.2, 0) is 0 Å². The molecule has 0 bridgehead atoms.